The molecule has 0 spiro atoms. The van der Waals surface area contributed by atoms with Crippen LogP contribution in [0.15, 0.2) is 48.5 Å². The number of para-hydroxylation sites is 1. The minimum absolute atomic E-state index is 0.238. The van der Waals surface area contributed by atoms with E-state index < -0.39 is 0 Å². The number of halogens is 2. The molecule has 0 aliphatic carbocycles. The van der Waals surface area contributed by atoms with Crippen LogP contribution in [0.3, 0.4) is 0 Å². The Kier molecular flexibility index (Phi) is 4.57. The maximum absolute atomic E-state index is 6.01. The number of hydrogen-bond acceptors (Lipinski definition) is 2. The van der Waals surface area contributed by atoms with E-state index in [4.69, 9.17) is 27.9 Å². The van der Waals surface area contributed by atoms with E-state index in [0.717, 1.165) is 31.7 Å². The molecule has 0 N–H and O–H groups in total. The van der Waals surface area contributed by atoms with Gasteiger partial charge in [0.15, 0.2) is 0 Å². The molecule has 0 amide bonds. The largest absolute Gasteiger partial charge is 0.490 e. The lowest BCUT2D eigenvalue weighted by Crippen LogP contribution is -2.38. The Morgan fingerprint density at radius 2 is 1.62 bits per heavy atom. The van der Waals surface area contributed by atoms with Gasteiger partial charge in [0.05, 0.1) is 10.0 Å². The molecule has 3 rings (SSSR count). The molecule has 1 fully saturated rings. The summed E-state index contributed by atoms with van der Waals surface area (Å²) in [4.78, 5) is 2.40. The fraction of sp³-hybridized carbons (Fsp3) is 0.294. The van der Waals surface area contributed by atoms with E-state index in [1.807, 2.05) is 12.1 Å². The molecule has 2 aromatic carbocycles. The van der Waals surface area contributed by atoms with E-state index in [2.05, 4.69) is 29.2 Å². The van der Waals surface area contributed by atoms with Crippen molar-refractivity contribution in [1.82, 2.24) is 0 Å². The van der Waals surface area contributed by atoms with E-state index >= 15 is 0 Å². The van der Waals surface area contributed by atoms with Gasteiger partial charge in [0.25, 0.3) is 0 Å². The van der Waals surface area contributed by atoms with Crippen molar-refractivity contribution in [2.45, 2.75) is 18.9 Å². The molecule has 21 heavy (non-hydrogen) atoms. The summed E-state index contributed by atoms with van der Waals surface area (Å²) in [6, 6.07) is 15.9. The first-order chi connectivity index (χ1) is 10.2. The molecular formula is C17H17Cl2NO. The summed E-state index contributed by atoms with van der Waals surface area (Å²) in [5, 5.41) is 1.10. The Bertz CT molecular complexity index is 595. The number of anilines is 1. The van der Waals surface area contributed by atoms with Gasteiger partial charge in [-0.1, -0.05) is 41.4 Å². The number of ether oxygens (including phenoxy) is 1. The van der Waals surface area contributed by atoms with Gasteiger partial charge in [0.1, 0.15) is 11.9 Å². The Morgan fingerprint density at radius 3 is 2.29 bits per heavy atom. The van der Waals surface area contributed by atoms with Gasteiger partial charge in [0, 0.05) is 37.7 Å². The highest BCUT2D eigenvalue weighted by Crippen LogP contribution is 2.28. The molecule has 1 heterocycles. The van der Waals surface area contributed by atoms with Crippen molar-refractivity contribution in [3.63, 3.8) is 0 Å². The fourth-order valence-electron chi connectivity index (χ4n) is 2.61. The third kappa shape index (κ3) is 3.63. The van der Waals surface area contributed by atoms with Crippen molar-refractivity contribution < 1.29 is 4.74 Å². The third-order valence-corrected chi connectivity index (χ3v) is 4.50. The Balaban J connectivity index is 1.57. The zero-order valence-corrected chi connectivity index (χ0v) is 13.1. The van der Waals surface area contributed by atoms with Crippen LogP contribution < -0.4 is 9.64 Å². The smallest absolute Gasteiger partial charge is 0.121 e. The second-order valence-corrected chi connectivity index (χ2v) is 6.03. The molecular weight excluding hydrogens is 305 g/mol. The summed E-state index contributed by atoms with van der Waals surface area (Å²) in [5.74, 6) is 0.794. The molecule has 2 nitrogen and oxygen atoms in total. The molecule has 1 saturated heterocycles. The zero-order chi connectivity index (χ0) is 14.7. The number of hydrogen-bond donors (Lipinski definition) is 0. The SMILES string of the molecule is Clc1ccc(OC2CCN(c3ccccc3)CC2)cc1Cl. The van der Waals surface area contributed by atoms with Gasteiger partial charge in [-0.2, -0.15) is 0 Å². The number of piperidine rings is 1. The Morgan fingerprint density at radius 1 is 0.905 bits per heavy atom. The lowest BCUT2D eigenvalue weighted by Gasteiger charge is -2.33. The second kappa shape index (κ2) is 6.59. The van der Waals surface area contributed by atoms with Crippen LogP contribution in [0.2, 0.25) is 10.0 Å². The van der Waals surface area contributed by atoms with E-state index in [9.17, 15) is 0 Å². The van der Waals surface area contributed by atoms with Crippen LogP contribution in [0.25, 0.3) is 0 Å². The van der Waals surface area contributed by atoms with Crippen molar-refractivity contribution >= 4 is 28.9 Å². The second-order valence-electron chi connectivity index (χ2n) is 5.22. The summed E-state index contributed by atoms with van der Waals surface area (Å²) < 4.78 is 6.01. The Hall–Kier alpha value is -1.38. The van der Waals surface area contributed by atoms with Gasteiger partial charge < -0.3 is 9.64 Å². The van der Waals surface area contributed by atoms with Crippen molar-refractivity contribution in [2.24, 2.45) is 0 Å². The molecule has 110 valence electrons. The molecule has 0 aromatic heterocycles. The summed E-state index contributed by atoms with van der Waals surface area (Å²) >= 11 is 11.9. The standard InChI is InChI=1S/C17H17Cl2NO/c18-16-7-6-15(12-17(16)19)21-14-8-10-20(11-9-14)13-4-2-1-3-5-13/h1-7,12,14H,8-11H2. The summed E-state index contributed by atoms with van der Waals surface area (Å²) in [7, 11) is 0. The first-order valence-corrected chi connectivity index (χ1v) is 7.89. The molecule has 0 unspecified atom stereocenters. The summed E-state index contributed by atoms with van der Waals surface area (Å²) in [5.41, 5.74) is 1.28. The minimum Gasteiger partial charge on any atom is -0.490 e. The Labute approximate surface area is 135 Å². The normalized spacial score (nSPS) is 16.0. The van der Waals surface area contributed by atoms with Crippen LogP contribution in [-0.2, 0) is 0 Å². The van der Waals surface area contributed by atoms with Gasteiger partial charge in [-0.25, -0.2) is 0 Å². The first kappa shape index (κ1) is 14.6. The molecule has 0 radical (unpaired) electrons. The van der Waals surface area contributed by atoms with Crippen LogP contribution >= 0.6 is 23.2 Å². The van der Waals surface area contributed by atoms with Crippen molar-refractivity contribution in [2.75, 3.05) is 18.0 Å². The van der Waals surface area contributed by atoms with E-state index in [-0.39, 0.29) is 6.10 Å². The average Bonchev–Trinajstić information content (AvgIpc) is 2.53. The molecule has 0 atom stereocenters. The molecule has 2 aromatic rings. The molecule has 1 aliphatic heterocycles. The van der Waals surface area contributed by atoms with Crippen LogP contribution in [0.4, 0.5) is 5.69 Å². The monoisotopic (exact) mass is 321 g/mol. The lowest BCUT2D eigenvalue weighted by molar-refractivity contribution is 0.171. The van der Waals surface area contributed by atoms with Crippen molar-refractivity contribution in [3.05, 3.63) is 58.6 Å². The first-order valence-electron chi connectivity index (χ1n) is 7.14. The third-order valence-electron chi connectivity index (χ3n) is 3.76. The minimum atomic E-state index is 0.238. The van der Waals surface area contributed by atoms with Crippen LogP contribution in [0.1, 0.15) is 12.8 Å². The quantitative estimate of drug-likeness (QED) is 0.785. The van der Waals surface area contributed by atoms with Crippen molar-refractivity contribution in [3.8, 4) is 5.75 Å². The van der Waals surface area contributed by atoms with Gasteiger partial charge in [-0.15, -0.1) is 0 Å². The highest BCUT2D eigenvalue weighted by Gasteiger charge is 2.20. The van der Waals surface area contributed by atoms with E-state index in [1.165, 1.54) is 5.69 Å². The fourth-order valence-corrected chi connectivity index (χ4v) is 2.90. The molecule has 4 heteroatoms. The summed E-state index contributed by atoms with van der Waals surface area (Å²) in [6.45, 7) is 2.02. The van der Waals surface area contributed by atoms with Crippen LogP contribution in [-0.4, -0.2) is 19.2 Å². The van der Waals surface area contributed by atoms with Crippen LogP contribution in [0.5, 0.6) is 5.75 Å². The maximum Gasteiger partial charge on any atom is 0.121 e. The number of rotatable bonds is 3. The van der Waals surface area contributed by atoms with Gasteiger partial charge in [0.2, 0.25) is 0 Å². The predicted octanol–water partition coefficient (Wildman–Crippen LogP) is 5.04. The number of nitrogens with zero attached hydrogens (tertiary/aromatic N) is 1. The van der Waals surface area contributed by atoms with E-state index in [0.29, 0.717) is 10.0 Å². The summed E-state index contributed by atoms with van der Waals surface area (Å²) in [6.07, 6.45) is 2.26. The van der Waals surface area contributed by atoms with Gasteiger partial charge in [-0.05, 0) is 24.3 Å². The molecule has 0 saturated carbocycles. The van der Waals surface area contributed by atoms with Gasteiger partial charge in [-0.3, -0.25) is 0 Å². The lowest BCUT2D eigenvalue weighted by atomic mass is 10.1. The van der Waals surface area contributed by atoms with Crippen molar-refractivity contribution in [1.29, 1.82) is 0 Å². The predicted molar refractivity (Wildman–Crippen MR) is 88.8 cm³/mol. The average molecular weight is 322 g/mol. The van der Waals surface area contributed by atoms with Crippen LogP contribution in [0, 0.1) is 0 Å². The molecule has 1 aliphatic rings. The number of benzene rings is 2. The maximum atomic E-state index is 6.01. The molecule has 0 bridgehead atoms. The topological polar surface area (TPSA) is 12.5 Å². The van der Waals surface area contributed by atoms with Gasteiger partial charge >= 0.3 is 0 Å². The van der Waals surface area contributed by atoms with E-state index in [1.54, 1.807) is 12.1 Å². The zero-order valence-electron chi connectivity index (χ0n) is 11.6. The highest BCUT2D eigenvalue weighted by molar-refractivity contribution is 6.42. The highest BCUT2D eigenvalue weighted by atomic mass is 35.5.